The maximum atomic E-state index is 12.0. The molecule has 1 aromatic rings. The van der Waals surface area contributed by atoms with Crippen molar-refractivity contribution >= 4 is 23.2 Å². The Balaban J connectivity index is 2.15. The van der Waals surface area contributed by atoms with E-state index in [0.29, 0.717) is 11.5 Å². The van der Waals surface area contributed by atoms with Gasteiger partial charge in [-0.05, 0) is 37.7 Å². The first-order valence-corrected chi connectivity index (χ1v) is 7.00. The highest BCUT2D eigenvalue weighted by molar-refractivity contribution is 7.10. The number of aliphatic carboxylic acids is 1. The topological polar surface area (TPSA) is 66.4 Å². The molecule has 5 heteroatoms. The van der Waals surface area contributed by atoms with Crippen LogP contribution in [-0.4, -0.2) is 23.0 Å². The van der Waals surface area contributed by atoms with Crippen molar-refractivity contribution in [3.05, 3.63) is 21.4 Å². The second kappa shape index (κ2) is 5.10. The summed E-state index contributed by atoms with van der Waals surface area (Å²) in [6, 6.07) is -0.851. The summed E-state index contributed by atoms with van der Waals surface area (Å²) < 4.78 is 0. The first-order valence-electron chi connectivity index (χ1n) is 6.12. The van der Waals surface area contributed by atoms with Crippen LogP contribution in [0.5, 0.6) is 0 Å². The summed E-state index contributed by atoms with van der Waals surface area (Å²) in [5, 5.41) is 13.2. The molecule has 18 heavy (non-hydrogen) atoms. The molecule has 2 atom stereocenters. The van der Waals surface area contributed by atoms with Crippen LogP contribution in [-0.2, 0) is 17.6 Å². The number of carbonyl (C=O) groups excluding carboxylic acids is 1. The standard InChI is InChI=1S/C13H17NO3S/c1-7-3-4-9-10(6-18-11(9)5-7)12(15)14-8(2)13(16)17/h6-8H,3-5H2,1-2H3,(H,14,15)(H,16,17)/t7?,8-/m1/s1. The molecule has 0 spiro atoms. The molecule has 0 bridgehead atoms. The number of nitrogens with one attached hydrogen (secondary N) is 1. The first kappa shape index (κ1) is 13.1. The Bertz CT molecular complexity index is 481. The Kier molecular flexibility index (Phi) is 3.71. The molecule has 1 heterocycles. The quantitative estimate of drug-likeness (QED) is 0.881. The molecule has 1 aliphatic rings. The van der Waals surface area contributed by atoms with Crippen molar-refractivity contribution in [2.75, 3.05) is 0 Å². The van der Waals surface area contributed by atoms with Gasteiger partial charge in [0.05, 0.1) is 5.56 Å². The zero-order chi connectivity index (χ0) is 13.3. The summed E-state index contributed by atoms with van der Waals surface area (Å²) in [5.74, 6) is -0.608. The maximum absolute atomic E-state index is 12.0. The number of carboxylic acids is 1. The normalized spacial score (nSPS) is 20.0. The van der Waals surface area contributed by atoms with Gasteiger partial charge in [0.1, 0.15) is 6.04 Å². The van der Waals surface area contributed by atoms with Crippen LogP contribution in [0.15, 0.2) is 5.38 Å². The number of hydrogen-bond donors (Lipinski definition) is 2. The summed E-state index contributed by atoms with van der Waals surface area (Å²) in [6.45, 7) is 3.69. The third kappa shape index (κ3) is 2.56. The fraction of sp³-hybridized carbons (Fsp3) is 0.538. The van der Waals surface area contributed by atoms with Crippen LogP contribution in [0.25, 0.3) is 0 Å². The second-order valence-corrected chi connectivity index (χ2v) is 5.90. The van der Waals surface area contributed by atoms with Gasteiger partial charge in [-0.25, -0.2) is 0 Å². The third-order valence-electron chi connectivity index (χ3n) is 3.36. The van der Waals surface area contributed by atoms with Crippen LogP contribution in [0.4, 0.5) is 0 Å². The Morgan fingerprint density at radius 2 is 2.28 bits per heavy atom. The zero-order valence-electron chi connectivity index (χ0n) is 10.5. The maximum Gasteiger partial charge on any atom is 0.325 e. The first-order chi connectivity index (χ1) is 8.49. The lowest BCUT2D eigenvalue weighted by molar-refractivity contribution is -0.138. The molecule has 1 aromatic heterocycles. The summed E-state index contributed by atoms with van der Waals surface area (Å²) in [7, 11) is 0. The molecule has 2 N–H and O–H groups in total. The Hall–Kier alpha value is -1.36. The smallest absolute Gasteiger partial charge is 0.325 e. The Labute approximate surface area is 110 Å². The van der Waals surface area contributed by atoms with Crippen molar-refractivity contribution in [3.63, 3.8) is 0 Å². The van der Waals surface area contributed by atoms with E-state index < -0.39 is 12.0 Å². The summed E-state index contributed by atoms with van der Waals surface area (Å²) >= 11 is 1.61. The van der Waals surface area contributed by atoms with Gasteiger partial charge in [0.2, 0.25) is 0 Å². The molecule has 1 unspecified atom stereocenters. The van der Waals surface area contributed by atoms with Crippen molar-refractivity contribution in [2.45, 2.75) is 39.2 Å². The summed E-state index contributed by atoms with van der Waals surface area (Å²) in [6.07, 6.45) is 3.05. The number of fused-ring (bicyclic) bond motifs is 1. The molecule has 0 fully saturated rings. The predicted molar refractivity (Wildman–Crippen MR) is 70.1 cm³/mol. The van der Waals surface area contributed by atoms with Crippen LogP contribution in [0.2, 0.25) is 0 Å². The van der Waals surface area contributed by atoms with E-state index in [1.165, 1.54) is 11.8 Å². The van der Waals surface area contributed by atoms with Gasteiger partial charge in [-0.2, -0.15) is 0 Å². The number of rotatable bonds is 3. The van der Waals surface area contributed by atoms with Crippen LogP contribution in [0.3, 0.4) is 0 Å². The zero-order valence-corrected chi connectivity index (χ0v) is 11.3. The summed E-state index contributed by atoms with van der Waals surface area (Å²) in [5.41, 5.74) is 1.78. The highest BCUT2D eigenvalue weighted by Gasteiger charge is 2.24. The Morgan fingerprint density at radius 3 is 2.94 bits per heavy atom. The van der Waals surface area contributed by atoms with Gasteiger partial charge in [0, 0.05) is 10.3 Å². The van der Waals surface area contributed by atoms with Gasteiger partial charge < -0.3 is 10.4 Å². The average molecular weight is 267 g/mol. The molecule has 0 aliphatic heterocycles. The van der Waals surface area contributed by atoms with Gasteiger partial charge in [0.15, 0.2) is 0 Å². The molecular weight excluding hydrogens is 250 g/mol. The lowest BCUT2D eigenvalue weighted by atomic mass is 9.88. The minimum absolute atomic E-state index is 0.267. The SMILES string of the molecule is CC1CCc2c(C(=O)N[C@H](C)C(=O)O)csc2C1. The van der Waals surface area contributed by atoms with Crippen molar-refractivity contribution in [1.29, 1.82) is 0 Å². The van der Waals surface area contributed by atoms with E-state index in [-0.39, 0.29) is 5.91 Å². The van der Waals surface area contributed by atoms with Gasteiger partial charge >= 0.3 is 5.97 Å². The number of hydrogen-bond acceptors (Lipinski definition) is 3. The van der Waals surface area contributed by atoms with Gasteiger partial charge in [0.25, 0.3) is 5.91 Å². The fourth-order valence-corrected chi connectivity index (χ4v) is 3.45. The van der Waals surface area contributed by atoms with E-state index in [0.717, 1.165) is 24.8 Å². The lowest BCUT2D eigenvalue weighted by Gasteiger charge is -2.19. The number of thiophene rings is 1. The van der Waals surface area contributed by atoms with Crippen LogP contribution < -0.4 is 5.32 Å². The molecule has 4 nitrogen and oxygen atoms in total. The number of amides is 1. The van der Waals surface area contributed by atoms with Crippen LogP contribution in [0, 0.1) is 5.92 Å². The lowest BCUT2D eigenvalue weighted by Crippen LogP contribution is -2.38. The van der Waals surface area contributed by atoms with E-state index >= 15 is 0 Å². The molecule has 0 aromatic carbocycles. The monoisotopic (exact) mass is 267 g/mol. The minimum Gasteiger partial charge on any atom is -0.480 e. The molecule has 0 saturated heterocycles. The van der Waals surface area contributed by atoms with Crippen LogP contribution in [0.1, 0.15) is 41.1 Å². The van der Waals surface area contributed by atoms with E-state index in [1.54, 1.807) is 11.3 Å². The number of carboxylic acid groups (broad SMARTS) is 1. The van der Waals surface area contributed by atoms with E-state index in [1.807, 2.05) is 5.38 Å². The highest BCUT2D eigenvalue weighted by atomic mass is 32.1. The average Bonchev–Trinajstić information content (AvgIpc) is 2.71. The third-order valence-corrected chi connectivity index (χ3v) is 4.42. The molecule has 2 rings (SSSR count). The minimum atomic E-state index is -1.01. The highest BCUT2D eigenvalue weighted by Crippen LogP contribution is 2.32. The van der Waals surface area contributed by atoms with Crippen molar-refractivity contribution in [1.82, 2.24) is 5.32 Å². The van der Waals surface area contributed by atoms with E-state index in [9.17, 15) is 9.59 Å². The van der Waals surface area contributed by atoms with E-state index in [4.69, 9.17) is 5.11 Å². The molecule has 0 radical (unpaired) electrons. The fourth-order valence-electron chi connectivity index (χ4n) is 2.20. The summed E-state index contributed by atoms with van der Waals surface area (Å²) in [4.78, 5) is 24.0. The van der Waals surface area contributed by atoms with Gasteiger partial charge in [-0.1, -0.05) is 6.92 Å². The second-order valence-electron chi connectivity index (χ2n) is 4.93. The largest absolute Gasteiger partial charge is 0.480 e. The van der Waals surface area contributed by atoms with Crippen LogP contribution >= 0.6 is 11.3 Å². The number of carbonyl (C=O) groups is 2. The molecule has 1 aliphatic carbocycles. The van der Waals surface area contributed by atoms with Crippen molar-refractivity contribution in [3.8, 4) is 0 Å². The molecule has 1 amide bonds. The van der Waals surface area contributed by atoms with Crippen molar-refractivity contribution in [2.24, 2.45) is 5.92 Å². The van der Waals surface area contributed by atoms with E-state index in [2.05, 4.69) is 12.2 Å². The molecular formula is C13H17NO3S. The van der Waals surface area contributed by atoms with Gasteiger partial charge in [-0.15, -0.1) is 11.3 Å². The molecule has 0 saturated carbocycles. The van der Waals surface area contributed by atoms with Gasteiger partial charge in [-0.3, -0.25) is 9.59 Å². The molecule has 98 valence electrons. The predicted octanol–water partition coefficient (Wildman–Crippen LogP) is 2.08. The Morgan fingerprint density at radius 1 is 1.56 bits per heavy atom. The van der Waals surface area contributed by atoms with Crippen molar-refractivity contribution < 1.29 is 14.7 Å².